The molecule has 2 N–H and O–H groups in total. The molecule has 3 aromatic carbocycles. The standard InChI is InChI=1S/C22H15BrClNO4/c23-19-10-12(24)9-17(21(26)27)20(19)25-22(28)29-11-18-15-7-3-1-5-13(15)14-6-2-4-8-16(14)18/h1-10,18H,11H2,(H,25,28)(H,26,27). The highest BCUT2D eigenvalue weighted by atomic mass is 79.9. The SMILES string of the molecule is O=C(Nc1c(Br)cc(Cl)cc1C(=O)O)OCC1c2ccccc2-c2ccccc21. The van der Waals surface area contributed by atoms with Crippen molar-refractivity contribution in [2.45, 2.75) is 5.92 Å². The summed E-state index contributed by atoms with van der Waals surface area (Å²) in [6, 6.07) is 18.8. The van der Waals surface area contributed by atoms with Gasteiger partial charge in [0.1, 0.15) is 6.61 Å². The molecule has 0 radical (unpaired) electrons. The Hall–Kier alpha value is -2.83. The molecule has 29 heavy (non-hydrogen) atoms. The van der Waals surface area contributed by atoms with Gasteiger partial charge in [0.25, 0.3) is 0 Å². The maximum absolute atomic E-state index is 12.4. The second kappa shape index (κ2) is 7.89. The maximum Gasteiger partial charge on any atom is 0.411 e. The number of hydrogen-bond donors (Lipinski definition) is 2. The molecule has 0 heterocycles. The Kier molecular flexibility index (Phi) is 5.30. The predicted molar refractivity (Wildman–Crippen MR) is 115 cm³/mol. The number of ether oxygens (including phenoxy) is 1. The molecule has 4 rings (SSSR count). The van der Waals surface area contributed by atoms with Gasteiger partial charge in [0, 0.05) is 15.4 Å². The van der Waals surface area contributed by atoms with Crippen LogP contribution in [0.25, 0.3) is 11.1 Å². The first-order valence-electron chi connectivity index (χ1n) is 8.80. The number of anilines is 1. The number of carbonyl (C=O) groups excluding carboxylic acids is 1. The van der Waals surface area contributed by atoms with Crippen molar-refractivity contribution in [3.63, 3.8) is 0 Å². The minimum Gasteiger partial charge on any atom is -0.478 e. The number of carboxylic acid groups (broad SMARTS) is 1. The van der Waals surface area contributed by atoms with Crippen LogP contribution in [0.2, 0.25) is 5.02 Å². The molecule has 0 saturated heterocycles. The van der Waals surface area contributed by atoms with E-state index in [-0.39, 0.29) is 28.8 Å². The lowest BCUT2D eigenvalue weighted by molar-refractivity contribution is 0.0698. The maximum atomic E-state index is 12.4. The van der Waals surface area contributed by atoms with E-state index in [0.717, 1.165) is 22.3 Å². The Morgan fingerprint density at radius 2 is 1.62 bits per heavy atom. The van der Waals surface area contributed by atoms with Gasteiger partial charge >= 0.3 is 12.1 Å². The monoisotopic (exact) mass is 471 g/mol. The number of hydrogen-bond acceptors (Lipinski definition) is 3. The Labute approximate surface area is 180 Å². The van der Waals surface area contributed by atoms with Crippen LogP contribution < -0.4 is 5.32 Å². The van der Waals surface area contributed by atoms with Crippen LogP contribution >= 0.6 is 27.5 Å². The second-order valence-corrected chi connectivity index (χ2v) is 7.86. The van der Waals surface area contributed by atoms with Crippen LogP contribution in [-0.2, 0) is 4.74 Å². The van der Waals surface area contributed by atoms with E-state index in [1.165, 1.54) is 12.1 Å². The Morgan fingerprint density at radius 1 is 1.03 bits per heavy atom. The molecule has 1 aliphatic carbocycles. The number of fused-ring (bicyclic) bond motifs is 3. The smallest absolute Gasteiger partial charge is 0.411 e. The molecule has 0 fully saturated rings. The lowest BCUT2D eigenvalue weighted by Crippen LogP contribution is -2.19. The molecule has 5 nitrogen and oxygen atoms in total. The van der Waals surface area contributed by atoms with Crippen LogP contribution in [0.15, 0.2) is 65.1 Å². The van der Waals surface area contributed by atoms with Gasteiger partial charge in [-0.3, -0.25) is 5.32 Å². The molecule has 0 aromatic heterocycles. The summed E-state index contributed by atoms with van der Waals surface area (Å²) in [6.07, 6.45) is -0.739. The molecule has 146 valence electrons. The average Bonchev–Trinajstić information content (AvgIpc) is 3.02. The third kappa shape index (κ3) is 3.73. The van der Waals surface area contributed by atoms with Crippen molar-refractivity contribution in [2.24, 2.45) is 0 Å². The molecular weight excluding hydrogens is 458 g/mol. The van der Waals surface area contributed by atoms with Crippen molar-refractivity contribution in [2.75, 3.05) is 11.9 Å². The number of halogens is 2. The fraction of sp³-hybridized carbons (Fsp3) is 0.0909. The topological polar surface area (TPSA) is 75.6 Å². The Balaban J connectivity index is 1.54. The fourth-order valence-electron chi connectivity index (χ4n) is 3.61. The number of carbonyl (C=O) groups is 2. The number of nitrogens with one attached hydrogen (secondary N) is 1. The molecule has 7 heteroatoms. The summed E-state index contributed by atoms with van der Waals surface area (Å²) in [5, 5.41) is 12.1. The fourth-order valence-corrected chi connectivity index (χ4v) is 4.52. The highest BCUT2D eigenvalue weighted by molar-refractivity contribution is 9.10. The summed E-state index contributed by atoms with van der Waals surface area (Å²) in [4.78, 5) is 23.9. The van der Waals surface area contributed by atoms with Crippen molar-refractivity contribution in [3.8, 4) is 11.1 Å². The van der Waals surface area contributed by atoms with Gasteiger partial charge in [-0.25, -0.2) is 9.59 Å². The minimum atomic E-state index is -1.21. The summed E-state index contributed by atoms with van der Waals surface area (Å²) in [5.41, 5.74) is 4.43. The third-order valence-electron chi connectivity index (χ3n) is 4.86. The second-order valence-electron chi connectivity index (χ2n) is 6.57. The first-order valence-corrected chi connectivity index (χ1v) is 9.97. The number of rotatable bonds is 4. The zero-order valence-electron chi connectivity index (χ0n) is 15.0. The van der Waals surface area contributed by atoms with E-state index >= 15 is 0 Å². The van der Waals surface area contributed by atoms with E-state index in [1.807, 2.05) is 36.4 Å². The van der Waals surface area contributed by atoms with Crippen LogP contribution in [0.4, 0.5) is 10.5 Å². The van der Waals surface area contributed by atoms with Gasteiger partial charge in [0.15, 0.2) is 0 Å². The van der Waals surface area contributed by atoms with Crippen molar-refractivity contribution in [1.82, 2.24) is 0 Å². The average molecular weight is 473 g/mol. The molecule has 1 aliphatic rings. The van der Waals surface area contributed by atoms with Crippen LogP contribution in [0.1, 0.15) is 27.4 Å². The van der Waals surface area contributed by atoms with E-state index in [0.29, 0.717) is 4.47 Å². The van der Waals surface area contributed by atoms with E-state index in [1.54, 1.807) is 0 Å². The zero-order valence-corrected chi connectivity index (χ0v) is 17.3. The predicted octanol–water partition coefficient (Wildman–Crippen LogP) is 6.16. The van der Waals surface area contributed by atoms with Crippen molar-refractivity contribution < 1.29 is 19.4 Å². The molecule has 0 unspecified atom stereocenters. The van der Waals surface area contributed by atoms with Gasteiger partial charge in [-0.15, -0.1) is 0 Å². The summed E-state index contributed by atoms with van der Waals surface area (Å²) >= 11 is 9.15. The molecule has 0 saturated carbocycles. The number of carboxylic acids is 1. The quantitative estimate of drug-likeness (QED) is 0.477. The number of aromatic carboxylic acids is 1. The van der Waals surface area contributed by atoms with E-state index < -0.39 is 12.1 Å². The molecule has 0 aliphatic heterocycles. The third-order valence-corrected chi connectivity index (χ3v) is 5.70. The highest BCUT2D eigenvalue weighted by Crippen LogP contribution is 2.44. The summed E-state index contributed by atoms with van der Waals surface area (Å²) in [7, 11) is 0. The number of amides is 1. The lowest BCUT2D eigenvalue weighted by atomic mass is 9.98. The summed E-state index contributed by atoms with van der Waals surface area (Å²) in [5.74, 6) is -1.29. The normalized spacial score (nSPS) is 12.2. The molecule has 0 bridgehead atoms. The highest BCUT2D eigenvalue weighted by Gasteiger charge is 2.29. The van der Waals surface area contributed by atoms with Crippen molar-refractivity contribution in [1.29, 1.82) is 0 Å². The van der Waals surface area contributed by atoms with E-state index in [2.05, 4.69) is 33.4 Å². The van der Waals surface area contributed by atoms with E-state index in [4.69, 9.17) is 16.3 Å². The Morgan fingerprint density at radius 3 is 2.21 bits per heavy atom. The van der Waals surface area contributed by atoms with Gasteiger partial charge < -0.3 is 9.84 Å². The number of benzene rings is 3. The zero-order chi connectivity index (χ0) is 20.5. The first-order chi connectivity index (χ1) is 14.0. The minimum absolute atomic E-state index is 0.0826. The largest absolute Gasteiger partial charge is 0.478 e. The van der Waals surface area contributed by atoms with Gasteiger partial charge in [-0.2, -0.15) is 0 Å². The van der Waals surface area contributed by atoms with Crippen LogP contribution in [0.3, 0.4) is 0 Å². The van der Waals surface area contributed by atoms with Crippen molar-refractivity contribution >= 4 is 45.3 Å². The molecule has 0 atom stereocenters. The van der Waals surface area contributed by atoms with Crippen molar-refractivity contribution in [3.05, 3.63) is 86.8 Å². The van der Waals surface area contributed by atoms with Crippen LogP contribution in [0.5, 0.6) is 0 Å². The van der Waals surface area contributed by atoms with Gasteiger partial charge in [-0.05, 0) is 50.3 Å². The molecule has 3 aromatic rings. The van der Waals surface area contributed by atoms with Gasteiger partial charge in [-0.1, -0.05) is 60.1 Å². The van der Waals surface area contributed by atoms with Crippen LogP contribution in [0, 0.1) is 0 Å². The van der Waals surface area contributed by atoms with E-state index in [9.17, 15) is 14.7 Å². The lowest BCUT2D eigenvalue weighted by Gasteiger charge is -2.16. The summed E-state index contributed by atoms with van der Waals surface area (Å²) in [6.45, 7) is 0.132. The molecular formula is C22H15BrClNO4. The first kappa shape index (κ1) is 19.5. The molecule has 0 spiro atoms. The molecule has 1 amide bonds. The van der Waals surface area contributed by atoms with Gasteiger partial charge in [0.05, 0.1) is 11.3 Å². The van der Waals surface area contributed by atoms with Crippen LogP contribution in [-0.4, -0.2) is 23.8 Å². The van der Waals surface area contributed by atoms with Gasteiger partial charge in [0.2, 0.25) is 0 Å². The summed E-state index contributed by atoms with van der Waals surface area (Å²) < 4.78 is 5.82. The Bertz CT molecular complexity index is 1090.